The third-order valence-electron chi connectivity index (χ3n) is 4.27. The number of hydrogen-bond donors (Lipinski definition) is 2. The van der Waals surface area contributed by atoms with Gasteiger partial charge in [0, 0.05) is 16.8 Å². The van der Waals surface area contributed by atoms with Crippen molar-refractivity contribution < 1.29 is 4.79 Å². The molecule has 2 aromatic carbocycles. The molecule has 0 saturated carbocycles. The summed E-state index contributed by atoms with van der Waals surface area (Å²) in [6.07, 6.45) is 1.57. The summed E-state index contributed by atoms with van der Waals surface area (Å²) in [5.74, 6) is -0.239. The summed E-state index contributed by atoms with van der Waals surface area (Å²) < 4.78 is 1.64. The van der Waals surface area contributed by atoms with Gasteiger partial charge in [-0.3, -0.25) is 10.1 Å². The number of aryl methyl sites for hydroxylation is 2. The van der Waals surface area contributed by atoms with Gasteiger partial charge in [-0.15, -0.1) is 10.2 Å². The highest BCUT2D eigenvalue weighted by Gasteiger charge is 2.10. The molecule has 9 heteroatoms. The number of fused-ring (bicyclic) bond motifs is 1. The summed E-state index contributed by atoms with van der Waals surface area (Å²) in [5.41, 5.74) is 4.52. The predicted octanol–water partition coefficient (Wildman–Crippen LogP) is 3.60. The van der Waals surface area contributed by atoms with Crippen molar-refractivity contribution in [3.05, 3.63) is 65.5 Å². The van der Waals surface area contributed by atoms with Crippen LogP contribution in [0.15, 0.2) is 48.8 Å². The van der Waals surface area contributed by atoms with Crippen LogP contribution in [0.1, 0.15) is 21.5 Å². The summed E-state index contributed by atoms with van der Waals surface area (Å²) >= 11 is 6.72. The Labute approximate surface area is 170 Å². The topological polar surface area (TPSA) is 84.2 Å². The van der Waals surface area contributed by atoms with Gasteiger partial charge in [-0.2, -0.15) is 9.61 Å². The Morgan fingerprint density at radius 3 is 2.61 bits per heavy atom. The SMILES string of the molecule is Cc1ccc(C(=O)NC(=S)Nc2ccc(-c3nn4cnnc4s3)cc2)cc1C. The number of hydrogen-bond acceptors (Lipinski definition) is 6. The molecule has 0 saturated heterocycles. The molecule has 4 aromatic rings. The van der Waals surface area contributed by atoms with Crippen LogP contribution in [0.3, 0.4) is 0 Å². The van der Waals surface area contributed by atoms with Gasteiger partial charge in [-0.05, 0) is 73.6 Å². The molecule has 2 heterocycles. The molecule has 0 aliphatic heterocycles. The number of nitrogens with one attached hydrogen (secondary N) is 2. The Kier molecular flexibility index (Phi) is 4.84. The average molecular weight is 409 g/mol. The first kappa shape index (κ1) is 18.2. The summed E-state index contributed by atoms with van der Waals surface area (Å²) in [6.45, 7) is 3.98. The zero-order valence-corrected chi connectivity index (χ0v) is 16.8. The highest BCUT2D eigenvalue weighted by atomic mass is 32.1. The van der Waals surface area contributed by atoms with E-state index in [1.807, 2.05) is 50.2 Å². The van der Waals surface area contributed by atoms with E-state index in [-0.39, 0.29) is 11.0 Å². The maximum atomic E-state index is 12.3. The summed E-state index contributed by atoms with van der Waals surface area (Å²) in [5, 5.41) is 19.0. The van der Waals surface area contributed by atoms with Gasteiger partial charge in [0.15, 0.2) is 5.11 Å². The number of carbonyl (C=O) groups excluding carboxylic acids is 1. The van der Waals surface area contributed by atoms with Gasteiger partial charge < -0.3 is 5.32 Å². The van der Waals surface area contributed by atoms with E-state index in [4.69, 9.17) is 12.2 Å². The van der Waals surface area contributed by atoms with E-state index in [2.05, 4.69) is 25.9 Å². The maximum Gasteiger partial charge on any atom is 0.257 e. The Balaban J connectivity index is 1.40. The molecule has 0 aliphatic rings. The fourth-order valence-corrected chi connectivity index (χ4v) is 3.63. The average Bonchev–Trinajstić information content (AvgIpc) is 3.26. The quantitative estimate of drug-likeness (QED) is 0.504. The van der Waals surface area contributed by atoms with E-state index in [0.29, 0.717) is 5.56 Å². The van der Waals surface area contributed by atoms with Crippen molar-refractivity contribution in [1.29, 1.82) is 0 Å². The second-order valence-corrected chi connectivity index (χ2v) is 7.61. The molecular weight excluding hydrogens is 392 g/mol. The van der Waals surface area contributed by atoms with E-state index >= 15 is 0 Å². The smallest absolute Gasteiger partial charge is 0.257 e. The number of carbonyl (C=O) groups is 1. The Bertz CT molecular complexity index is 1150. The maximum absolute atomic E-state index is 12.3. The van der Waals surface area contributed by atoms with Crippen LogP contribution in [0, 0.1) is 13.8 Å². The Morgan fingerprint density at radius 1 is 1.11 bits per heavy atom. The van der Waals surface area contributed by atoms with Crippen molar-refractivity contribution in [3.63, 3.8) is 0 Å². The Hall–Kier alpha value is -3.17. The molecule has 4 rings (SSSR count). The van der Waals surface area contributed by atoms with Crippen LogP contribution < -0.4 is 10.6 Å². The lowest BCUT2D eigenvalue weighted by atomic mass is 10.1. The monoisotopic (exact) mass is 408 g/mol. The van der Waals surface area contributed by atoms with Crippen LogP contribution in [0.5, 0.6) is 0 Å². The van der Waals surface area contributed by atoms with E-state index in [9.17, 15) is 4.79 Å². The van der Waals surface area contributed by atoms with Crippen LogP contribution in [-0.4, -0.2) is 30.8 Å². The van der Waals surface area contributed by atoms with Gasteiger partial charge in [0.1, 0.15) is 11.3 Å². The van der Waals surface area contributed by atoms with Crippen LogP contribution in [0.25, 0.3) is 15.5 Å². The molecule has 2 N–H and O–H groups in total. The van der Waals surface area contributed by atoms with E-state index < -0.39 is 0 Å². The first-order chi connectivity index (χ1) is 13.5. The van der Waals surface area contributed by atoms with Gasteiger partial charge in [0.2, 0.25) is 4.96 Å². The zero-order valence-electron chi connectivity index (χ0n) is 15.1. The molecule has 0 unspecified atom stereocenters. The molecule has 0 fully saturated rings. The molecule has 7 nitrogen and oxygen atoms in total. The molecule has 0 aliphatic carbocycles. The molecule has 0 radical (unpaired) electrons. The minimum absolute atomic E-state index is 0.239. The molecular formula is C19H16N6OS2. The molecule has 140 valence electrons. The van der Waals surface area contributed by atoms with Gasteiger partial charge in [-0.25, -0.2) is 0 Å². The highest BCUT2D eigenvalue weighted by molar-refractivity contribution is 7.80. The number of nitrogens with zero attached hydrogens (tertiary/aromatic N) is 4. The van der Waals surface area contributed by atoms with Gasteiger partial charge in [-0.1, -0.05) is 17.4 Å². The van der Waals surface area contributed by atoms with Crippen molar-refractivity contribution in [2.75, 3.05) is 5.32 Å². The minimum atomic E-state index is -0.239. The number of amides is 1. The zero-order chi connectivity index (χ0) is 19.7. The number of thiocarbonyl (C=S) groups is 1. The van der Waals surface area contributed by atoms with Gasteiger partial charge >= 0.3 is 0 Å². The molecule has 0 spiro atoms. The van der Waals surface area contributed by atoms with Crippen LogP contribution in [-0.2, 0) is 0 Å². The number of rotatable bonds is 3. The number of anilines is 1. The van der Waals surface area contributed by atoms with Gasteiger partial charge in [0.05, 0.1) is 0 Å². The summed E-state index contributed by atoms with van der Waals surface area (Å²) in [6, 6.07) is 13.2. The molecule has 0 bridgehead atoms. The highest BCUT2D eigenvalue weighted by Crippen LogP contribution is 2.25. The van der Waals surface area contributed by atoms with E-state index in [0.717, 1.165) is 32.3 Å². The fraction of sp³-hybridized carbons (Fsp3) is 0.105. The van der Waals surface area contributed by atoms with Crippen molar-refractivity contribution in [1.82, 2.24) is 25.1 Å². The number of aromatic nitrogens is 4. The van der Waals surface area contributed by atoms with Crippen LogP contribution >= 0.6 is 23.6 Å². The minimum Gasteiger partial charge on any atom is -0.332 e. The van der Waals surface area contributed by atoms with Crippen molar-refractivity contribution in [2.45, 2.75) is 13.8 Å². The number of benzene rings is 2. The lowest BCUT2D eigenvalue weighted by molar-refractivity contribution is 0.0977. The van der Waals surface area contributed by atoms with Crippen molar-refractivity contribution >= 4 is 45.2 Å². The lowest BCUT2D eigenvalue weighted by Crippen LogP contribution is -2.34. The lowest BCUT2D eigenvalue weighted by Gasteiger charge is -2.10. The normalized spacial score (nSPS) is 10.8. The van der Waals surface area contributed by atoms with Crippen LogP contribution in [0.4, 0.5) is 5.69 Å². The third kappa shape index (κ3) is 3.75. The standard InChI is InChI=1S/C19H16N6OS2/c1-11-3-4-14(9-12(11)2)16(26)22-18(27)21-15-7-5-13(6-8-15)17-24-25-10-20-23-19(25)28-17/h3-10H,1-2H3,(H2,21,22,26,27). The van der Waals surface area contributed by atoms with Crippen LogP contribution in [0.2, 0.25) is 0 Å². The van der Waals surface area contributed by atoms with Crippen molar-refractivity contribution in [2.24, 2.45) is 0 Å². The Morgan fingerprint density at radius 2 is 1.89 bits per heavy atom. The summed E-state index contributed by atoms with van der Waals surface area (Å²) in [7, 11) is 0. The second-order valence-electron chi connectivity index (χ2n) is 6.25. The fourth-order valence-electron chi connectivity index (χ4n) is 2.59. The molecule has 2 aromatic heterocycles. The van der Waals surface area contributed by atoms with E-state index in [1.165, 1.54) is 11.3 Å². The second kappa shape index (κ2) is 7.45. The molecule has 0 atom stereocenters. The summed E-state index contributed by atoms with van der Waals surface area (Å²) in [4.78, 5) is 13.1. The predicted molar refractivity (Wildman–Crippen MR) is 114 cm³/mol. The molecule has 28 heavy (non-hydrogen) atoms. The third-order valence-corrected chi connectivity index (χ3v) is 5.44. The first-order valence-corrected chi connectivity index (χ1v) is 9.69. The van der Waals surface area contributed by atoms with E-state index in [1.54, 1.807) is 16.9 Å². The van der Waals surface area contributed by atoms with Crippen molar-refractivity contribution in [3.8, 4) is 10.6 Å². The largest absolute Gasteiger partial charge is 0.332 e. The first-order valence-electron chi connectivity index (χ1n) is 8.46. The van der Waals surface area contributed by atoms with Gasteiger partial charge in [0.25, 0.3) is 5.91 Å². The molecule has 1 amide bonds.